The van der Waals surface area contributed by atoms with Crippen LogP contribution in [0.1, 0.15) is 59.3 Å². The standard InChI is InChI=1S/C17H31N3O8S/c1-4-5-10-26-15(22)17(2,3)11-27-29(24,25)28-20(16(19)23)13-8-6-12(7-9-13)14(18)21/h12-13H,4-11H2,1-3H3,(H2,18,21)(H2,19,23). The van der Waals surface area contributed by atoms with E-state index in [0.29, 0.717) is 37.2 Å². The summed E-state index contributed by atoms with van der Waals surface area (Å²) in [6.07, 6.45) is 2.88. The van der Waals surface area contributed by atoms with Gasteiger partial charge >= 0.3 is 22.4 Å². The first kappa shape index (κ1) is 25.1. The molecule has 0 atom stereocenters. The molecule has 0 aliphatic heterocycles. The molecule has 4 N–H and O–H groups in total. The second kappa shape index (κ2) is 10.7. The third kappa shape index (κ3) is 8.15. The van der Waals surface area contributed by atoms with Crippen LogP contribution in [0, 0.1) is 11.3 Å². The number of nitrogens with two attached hydrogens (primary N) is 2. The van der Waals surface area contributed by atoms with E-state index in [-0.39, 0.29) is 12.5 Å². The number of unbranched alkanes of at least 4 members (excludes halogenated alkanes) is 1. The van der Waals surface area contributed by atoms with Gasteiger partial charge in [-0.15, -0.1) is 4.28 Å². The Balaban J connectivity index is 2.67. The number of nitrogens with zero attached hydrogens (tertiary/aromatic N) is 1. The minimum atomic E-state index is -4.67. The van der Waals surface area contributed by atoms with Crippen molar-refractivity contribution >= 4 is 28.3 Å². The molecule has 1 aliphatic carbocycles. The minimum Gasteiger partial charge on any atom is -0.465 e. The van der Waals surface area contributed by atoms with Gasteiger partial charge in [0.1, 0.15) is 0 Å². The highest BCUT2D eigenvalue weighted by Crippen LogP contribution is 2.28. The fourth-order valence-corrected chi connectivity index (χ4v) is 3.65. The Hall–Kier alpha value is -1.92. The maximum absolute atomic E-state index is 12.2. The molecule has 0 heterocycles. The zero-order chi connectivity index (χ0) is 22.2. The summed E-state index contributed by atoms with van der Waals surface area (Å²) in [5.41, 5.74) is 9.26. The molecule has 0 aromatic rings. The maximum Gasteiger partial charge on any atom is 0.421 e. The molecule has 29 heavy (non-hydrogen) atoms. The molecular weight excluding hydrogens is 406 g/mol. The van der Waals surface area contributed by atoms with Gasteiger partial charge in [-0.1, -0.05) is 13.3 Å². The van der Waals surface area contributed by atoms with E-state index in [1.807, 2.05) is 6.92 Å². The Kier molecular flexibility index (Phi) is 9.30. The van der Waals surface area contributed by atoms with Crippen molar-refractivity contribution in [3.05, 3.63) is 0 Å². The average Bonchev–Trinajstić information content (AvgIpc) is 2.65. The molecule has 3 amide bonds. The number of rotatable bonds is 11. The van der Waals surface area contributed by atoms with Gasteiger partial charge in [-0.3, -0.25) is 9.59 Å². The highest BCUT2D eigenvalue weighted by molar-refractivity contribution is 7.81. The van der Waals surface area contributed by atoms with Crippen LogP contribution in [0.5, 0.6) is 0 Å². The SMILES string of the molecule is CCCCOC(=O)C(C)(C)COS(=O)(=O)ON(C(N)=O)C1CCC(C(N)=O)CC1. The van der Waals surface area contributed by atoms with E-state index in [0.717, 1.165) is 6.42 Å². The molecule has 0 spiro atoms. The Bertz CT molecular complexity index is 687. The predicted molar refractivity (Wildman–Crippen MR) is 102 cm³/mol. The third-order valence-electron chi connectivity index (χ3n) is 4.67. The van der Waals surface area contributed by atoms with Crippen molar-refractivity contribution in [2.24, 2.45) is 22.8 Å². The summed E-state index contributed by atoms with van der Waals surface area (Å²) in [5.74, 6) is -1.40. The number of hydrogen-bond acceptors (Lipinski definition) is 8. The van der Waals surface area contributed by atoms with Gasteiger partial charge in [0.15, 0.2) is 0 Å². The van der Waals surface area contributed by atoms with Gasteiger partial charge in [0, 0.05) is 5.92 Å². The lowest BCUT2D eigenvalue weighted by Gasteiger charge is -2.33. The molecule has 1 aliphatic rings. The van der Waals surface area contributed by atoms with Gasteiger partial charge in [0.2, 0.25) is 5.91 Å². The summed E-state index contributed by atoms with van der Waals surface area (Å²) >= 11 is 0. The Labute approximate surface area is 171 Å². The monoisotopic (exact) mass is 437 g/mol. The van der Waals surface area contributed by atoms with Gasteiger partial charge in [-0.05, 0) is 46.0 Å². The van der Waals surface area contributed by atoms with Crippen molar-refractivity contribution in [2.75, 3.05) is 13.2 Å². The van der Waals surface area contributed by atoms with Crippen LogP contribution in [0.2, 0.25) is 0 Å². The number of primary amides is 2. The van der Waals surface area contributed by atoms with E-state index in [1.165, 1.54) is 13.8 Å². The molecule has 0 bridgehead atoms. The number of carbonyl (C=O) groups excluding carboxylic acids is 3. The first-order valence-corrected chi connectivity index (χ1v) is 10.9. The first-order chi connectivity index (χ1) is 13.4. The van der Waals surface area contributed by atoms with Crippen molar-refractivity contribution in [3.8, 4) is 0 Å². The topological polar surface area (TPSA) is 168 Å². The van der Waals surface area contributed by atoms with E-state index < -0.39 is 46.4 Å². The number of hydroxylamine groups is 2. The summed E-state index contributed by atoms with van der Waals surface area (Å²) in [6.45, 7) is 4.56. The van der Waals surface area contributed by atoms with Crippen molar-refractivity contribution in [3.63, 3.8) is 0 Å². The molecule has 168 valence electrons. The molecule has 1 rings (SSSR count). The van der Waals surface area contributed by atoms with Crippen LogP contribution in [-0.2, 0) is 33.2 Å². The molecule has 0 aromatic heterocycles. The summed E-state index contributed by atoms with van der Waals surface area (Å²) in [7, 11) is -4.67. The van der Waals surface area contributed by atoms with Crippen molar-refractivity contribution < 1.29 is 36.0 Å². The van der Waals surface area contributed by atoms with Crippen LogP contribution in [0.4, 0.5) is 4.79 Å². The summed E-state index contributed by atoms with van der Waals surface area (Å²) in [6, 6.07) is -1.76. The lowest BCUT2D eigenvalue weighted by Crippen LogP contribution is -2.47. The first-order valence-electron chi connectivity index (χ1n) is 9.53. The predicted octanol–water partition coefficient (Wildman–Crippen LogP) is 0.974. The van der Waals surface area contributed by atoms with Crippen LogP contribution < -0.4 is 11.5 Å². The summed E-state index contributed by atoms with van der Waals surface area (Å²) in [4.78, 5) is 35.0. The van der Waals surface area contributed by atoms with Crippen molar-refractivity contribution in [1.29, 1.82) is 0 Å². The number of hydrogen-bond donors (Lipinski definition) is 2. The zero-order valence-corrected chi connectivity index (χ0v) is 17.9. The van der Waals surface area contributed by atoms with Gasteiger partial charge in [-0.25, -0.2) is 8.98 Å². The molecule has 11 nitrogen and oxygen atoms in total. The number of urea groups is 1. The van der Waals surface area contributed by atoms with Gasteiger partial charge < -0.3 is 16.2 Å². The number of ether oxygens (including phenoxy) is 1. The van der Waals surface area contributed by atoms with Gasteiger partial charge in [-0.2, -0.15) is 13.5 Å². The highest BCUT2D eigenvalue weighted by atomic mass is 32.3. The molecule has 0 aromatic carbocycles. The second-order valence-corrected chi connectivity index (χ2v) is 8.89. The largest absolute Gasteiger partial charge is 0.465 e. The third-order valence-corrected chi connectivity index (χ3v) is 5.42. The molecule has 0 radical (unpaired) electrons. The molecule has 0 unspecified atom stereocenters. The van der Waals surface area contributed by atoms with E-state index in [1.54, 1.807) is 0 Å². The Morgan fingerprint density at radius 3 is 2.17 bits per heavy atom. The van der Waals surface area contributed by atoms with Crippen LogP contribution in [0.3, 0.4) is 0 Å². The number of esters is 1. The quantitative estimate of drug-likeness (QED) is 0.274. The van der Waals surface area contributed by atoms with Crippen LogP contribution in [0.25, 0.3) is 0 Å². The minimum absolute atomic E-state index is 0.228. The molecule has 1 fully saturated rings. The van der Waals surface area contributed by atoms with E-state index in [9.17, 15) is 22.8 Å². The van der Waals surface area contributed by atoms with Crippen molar-refractivity contribution in [1.82, 2.24) is 5.06 Å². The zero-order valence-electron chi connectivity index (χ0n) is 17.1. The number of carbonyl (C=O) groups is 3. The average molecular weight is 438 g/mol. The van der Waals surface area contributed by atoms with Gasteiger partial charge in [0.05, 0.1) is 24.7 Å². The second-order valence-electron chi connectivity index (χ2n) is 7.69. The molecular formula is C17H31N3O8S. The normalized spacial score (nSPS) is 20.1. The van der Waals surface area contributed by atoms with E-state index in [4.69, 9.17) is 24.7 Å². The van der Waals surface area contributed by atoms with E-state index in [2.05, 4.69) is 0 Å². The van der Waals surface area contributed by atoms with Crippen LogP contribution in [0.15, 0.2) is 0 Å². The molecule has 0 saturated heterocycles. The fraction of sp³-hybridized carbons (Fsp3) is 0.824. The van der Waals surface area contributed by atoms with Crippen molar-refractivity contribution in [2.45, 2.75) is 65.3 Å². The fourth-order valence-electron chi connectivity index (χ4n) is 2.78. The lowest BCUT2D eigenvalue weighted by atomic mass is 9.85. The van der Waals surface area contributed by atoms with E-state index >= 15 is 0 Å². The Morgan fingerprint density at radius 2 is 1.69 bits per heavy atom. The summed E-state index contributed by atoms with van der Waals surface area (Å²) < 4.78 is 38.9. The maximum atomic E-state index is 12.2. The highest BCUT2D eigenvalue weighted by Gasteiger charge is 2.36. The molecule has 12 heteroatoms. The van der Waals surface area contributed by atoms with Crippen LogP contribution >= 0.6 is 0 Å². The van der Waals surface area contributed by atoms with Gasteiger partial charge in [0.25, 0.3) is 0 Å². The Morgan fingerprint density at radius 1 is 1.10 bits per heavy atom. The smallest absolute Gasteiger partial charge is 0.421 e. The number of amides is 3. The van der Waals surface area contributed by atoms with Crippen LogP contribution in [-0.4, -0.2) is 50.6 Å². The molecule has 1 saturated carbocycles. The summed E-state index contributed by atoms with van der Waals surface area (Å²) in [5, 5.41) is 0.527. The lowest BCUT2D eigenvalue weighted by molar-refractivity contribution is -0.156.